The average Bonchev–Trinajstić information content (AvgIpc) is 3.08. The normalized spacial score (nSPS) is 12.2. The molecule has 0 aliphatic carbocycles. The first-order valence-electron chi connectivity index (χ1n) is 6.32. The van der Waals surface area contributed by atoms with Crippen molar-refractivity contribution in [2.24, 2.45) is 5.41 Å². The van der Waals surface area contributed by atoms with Crippen LogP contribution in [0.15, 0.2) is 27.5 Å². The summed E-state index contributed by atoms with van der Waals surface area (Å²) in [6, 6.07) is 1.76. The van der Waals surface area contributed by atoms with Gasteiger partial charge in [-0.3, -0.25) is 4.90 Å². The van der Waals surface area contributed by atoms with E-state index in [9.17, 15) is 10.2 Å². The smallest absolute Gasteiger partial charge is 0.241 e. The van der Waals surface area contributed by atoms with E-state index in [2.05, 4.69) is 10.1 Å². The molecule has 0 atom stereocenters. The summed E-state index contributed by atoms with van der Waals surface area (Å²) in [6.07, 6.45) is 3.10. The zero-order valence-corrected chi connectivity index (χ0v) is 11.6. The Balaban J connectivity index is 1.97. The molecule has 0 aliphatic heterocycles. The lowest BCUT2D eigenvalue weighted by molar-refractivity contribution is 0.0378. The molecule has 0 aromatic carbocycles. The van der Waals surface area contributed by atoms with E-state index < -0.39 is 5.41 Å². The third-order valence-electron chi connectivity index (χ3n) is 3.07. The minimum atomic E-state index is -0.553. The van der Waals surface area contributed by atoms with Crippen LogP contribution in [0.3, 0.4) is 0 Å². The first-order valence-corrected chi connectivity index (χ1v) is 6.32. The van der Waals surface area contributed by atoms with Crippen LogP contribution >= 0.6 is 0 Å². The van der Waals surface area contributed by atoms with Crippen molar-refractivity contribution >= 4 is 0 Å². The Bertz CT molecular complexity index is 519. The van der Waals surface area contributed by atoms with Crippen LogP contribution in [0.4, 0.5) is 0 Å². The Morgan fingerprint density at radius 1 is 1.35 bits per heavy atom. The topological polar surface area (TPSA) is 95.8 Å². The van der Waals surface area contributed by atoms with Crippen molar-refractivity contribution in [1.29, 1.82) is 0 Å². The van der Waals surface area contributed by atoms with Gasteiger partial charge in [0.05, 0.1) is 31.6 Å². The summed E-state index contributed by atoms with van der Waals surface area (Å²) in [5.41, 5.74) is 0.209. The van der Waals surface area contributed by atoms with Gasteiger partial charge in [0.1, 0.15) is 6.26 Å². The van der Waals surface area contributed by atoms with E-state index in [1.165, 1.54) is 0 Å². The lowest BCUT2D eigenvalue weighted by Gasteiger charge is -2.29. The second kappa shape index (κ2) is 6.17. The third kappa shape index (κ3) is 3.44. The summed E-state index contributed by atoms with van der Waals surface area (Å²) in [5.74, 6) is 0.955. The van der Waals surface area contributed by atoms with E-state index in [4.69, 9.17) is 8.94 Å². The molecule has 0 fully saturated rings. The maximum atomic E-state index is 9.28. The Morgan fingerprint density at radius 2 is 2.10 bits per heavy atom. The van der Waals surface area contributed by atoms with Crippen LogP contribution < -0.4 is 0 Å². The van der Waals surface area contributed by atoms with Gasteiger partial charge in [-0.15, -0.1) is 0 Å². The van der Waals surface area contributed by atoms with Crippen molar-refractivity contribution in [3.8, 4) is 11.4 Å². The zero-order chi connectivity index (χ0) is 14.6. The first-order chi connectivity index (χ1) is 9.56. The van der Waals surface area contributed by atoms with E-state index in [1.54, 1.807) is 18.6 Å². The third-order valence-corrected chi connectivity index (χ3v) is 3.07. The first kappa shape index (κ1) is 14.7. The van der Waals surface area contributed by atoms with Crippen LogP contribution in [0.1, 0.15) is 12.8 Å². The maximum absolute atomic E-state index is 9.28. The molecule has 7 nitrogen and oxygen atoms in total. The number of rotatable bonds is 7. The number of nitrogens with zero attached hydrogens (tertiary/aromatic N) is 3. The lowest BCUT2D eigenvalue weighted by Crippen LogP contribution is -2.38. The summed E-state index contributed by atoms with van der Waals surface area (Å²) in [5, 5.41) is 22.4. The molecule has 2 rings (SSSR count). The van der Waals surface area contributed by atoms with Crippen molar-refractivity contribution in [1.82, 2.24) is 15.0 Å². The van der Waals surface area contributed by atoms with E-state index in [0.717, 1.165) is 5.56 Å². The van der Waals surface area contributed by atoms with Crippen molar-refractivity contribution in [3.05, 3.63) is 24.5 Å². The van der Waals surface area contributed by atoms with Crippen LogP contribution in [0.2, 0.25) is 0 Å². The molecule has 0 radical (unpaired) electrons. The molecule has 7 heteroatoms. The molecule has 0 amide bonds. The largest absolute Gasteiger partial charge is 0.472 e. The van der Waals surface area contributed by atoms with Gasteiger partial charge < -0.3 is 19.2 Å². The molecule has 0 spiro atoms. The van der Waals surface area contributed by atoms with E-state index in [0.29, 0.717) is 24.8 Å². The summed E-state index contributed by atoms with van der Waals surface area (Å²) in [4.78, 5) is 6.19. The van der Waals surface area contributed by atoms with Gasteiger partial charge >= 0.3 is 0 Å². The van der Waals surface area contributed by atoms with Gasteiger partial charge in [0.25, 0.3) is 0 Å². The molecule has 2 aromatic rings. The summed E-state index contributed by atoms with van der Waals surface area (Å²) in [6.45, 7) is 2.61. The predicted octanol–water partition coefficient (Wildman–Crippen LogP) is 0.752. The van der Waals surface area contributed by atoms with Crippen LogP contribution in [-0.2, 0) is 6.54 Å². The van der Waals surface area contributed by atoms with Gasteiger partial charge in [0.15, 0.2) is 0 Å². The highest BCUT2D eigenvalue weighted by Gasteiger charge is 2.25. The van der Waals surface area contributed by atoms with Crippen LogP contribution in [-0.4, -0.2) is 52.1 Å². The molecule has 0 saturated carbocycles. The quantitative estimate of drug-likeness (QED) is 0.773. The summed E-state index contributed by atoms with van der Waals surface area (Å²) >= 11 is 0. The zero-order valence-electron chi connectivity index (χ0n) is 11.6. The molecule has 2 aromatic heterocycles. The second-order valence-electron chi connectivity index (χ2n) is 5.32. The molecule has 2 heterocycles. The number of hydrogen-bond acceptors (Lipinski definition) is 7. The highest BCUT2D eigenvalue weighted by Crippen LogP contribution is 2.18. The van der Waals surface area contributed by atoms with Gasteiger partial charge in [0, 0.05) is 12.0 Å². The molecule has 0 saturated heterocycles. The fourth-order valence-electron chi connectivity index (χ4n) is 1.92. The number of aliphatic hydroxyl groups is 2. The van der Waals surface area contributed by atoms with Crippen LogP contribution in [0, 0.1) is 5.41 Å². The van der Waals surface area contributed by atoms with Gasteiger partial charge in [-0.1, -0.05) is 12.1 Å². The number of aliphatic hydroxyl groups excluding tert-OH is 2. The van der Waals surface area contributed by atoms with Crippen LogP contribution in [0.25, 0.3) is 11.4 Å². The standard InChI is InChI=1S/C13H19N3O4/c1-13(8-17,9-18)7-16(2)5-11-14-12(15-20-11)10-3-4-19-6-10/h3-4,6,17-18H,5,7-9H2,1-2H3. The van der Waals surface area contributed by atoms with Gasteiger partial charge in [-0.05, 0) is 13.1 Å². The van der Waals surface area contributed by atoms with Gasteiger partial charge in [-0.2, -0.15) is 4.98 Å². The van der Waals surface area contributed by atoms with E-state index in [1.807, 2.05) is 18.9 Å². The molecule has 0 bridgehead atoms. The monoisotopic (exact) mass is 281 g/mol. The SMILES string of the molecule is CN(Cc1nc(-c2ccoc2)no1)CC(C)(CO)CO. The Hall–Kier alpha value is -1.70. The van der Waals surface area contributed by atoms with Crippen LogP contribution in [0.5, 0.6) is 0 Å². The Kier molecular flexibility index (Phi) is 4.53. The van der Waals surface area contributed by atoms with Gasteiger partial charge in [-0.25, -0.2) is 0 Å². The molecule has 0 aliphatic rings. The molecule has 2 N–H and O–H groups in total. The highest BCUT2D eigenvalue weighted by molar-refractivity contribution is 5.51. The summed E-state index contributed by atoms with van der Waals surface area (Å²) in [7, 11) is 1.87. The fraction of sp³-hybridized carbons (Fsp3) is 0.538. The predicted molar refractivity (Wildman–Crippen MR) is 70.6 cm³/mol. The molecular formula is C13H19N3O4. The van der Waals surface area contributed by atoms with Crippen molar-refractivity contribution in [2.45, 2.75) is 13.5 Å². The Labute approximate surface area is 116 Å². The number of furan rings is 1. The van der Waals surface area contributed by atoms with Gasteiger partial charge in [0.2, 0.25) is 11.7 Å². The second-order valence-corrected chi connectivity index (χ2v) is 5.32. The fourth-order valence-corrected chi connectivity index (χ4v) is 1.92. The highest BCUT2D eigenvalue weighted by atomic mass is 16.5. The molecular weight excluding hydrogens is 262 g/mol. The van der Waals surface area contributed by atoms with Crippen molar-refractivity contribution in [2.75, 3.05) is 26.8 Å². The summed E-state index contributed by atoms with van der Waals surface area (Å²) < 4.78 is 10.1. The lowest BCUT2D eigenvalue weighted by atomic mass is 9.92. The number of hydrogen-bond donors (Lipinski definition) is 2. The van der Waals surface area contributed by atoms with Crippen molar-refractivity contribution < 1.29 is 19.2 Å². The van der Waals surface area contributed by atoms with E-state index >= 15 is 0 Å². The van der Waals surface area contributed by atoms with Crippen molar-refractivity contribution in [3.63, 3.8) is 0 Å². The minimum Gasteiger partial charge on any atom is -0.472 e. The molecule has 0 unspecified atom stereocenters. The van der Waals surface area contributed by atoms with E-state index in [-0.39, 0.29) is 13.2 Å². The minimum absolute atomic E-state index is 0.0854. The molecule has 20 heavy (non-hydrogen) atoms. The average molecular weight is 281 g/mol. The number of aromatic nitrogens is 2. The Morgan fingerprint density at radius 3 is 2.70 bits per heavy atom. The maximum Gasteiger partial charge on any atom is 0.241 e. The molecule has 110 valence electrons.